The van der Waals surface area contributed by atoms with Gasteiger partial charge in [-0.2, -0.15) is 0 Å². The third-order valence-electron chi connectivity index (χ3n) is 5.25. The van der Waals surface area contributed by atoms with Crippen LogP contribution in [0.25, 0.3) is 11.3 Å². The van der Waals surface area contributed by atoms with Crippen LogP contribution in [-0.4, -0.2) is 54.0 Å². The summed E-state index contributed by atoms with van der Waals surface area (Å²) in [6.07, 6.45) is 0. The molecule has 1 aromatic heterocycles. The highest BCUT2D eigenvalue weighted by Crippen LogP contribution is 2.25. The van der Waals surface area contributed by atoms with E-state index in [1.807, 2.05) is 60.4 Å². The lowest BCUT2D eigenvalue weighted by Gasteiger charge is -2.34. The highest BCUT2D eigenvalue weighted by molar-refractivity contribution is 7.09. The largest absolute Gasteiger partial charge is 0.497 e. The summed E-state index contributed by atoms with van der Waals surface area (Å²) in [6, 6.07) is 15.8. The van der Waals surface area contributed by atoms with Crippen LogP contribution in [0.5, 0.6) is 5.75 Å². The van der Waals surface area contributed by atoms with Gasteiger partial charge in [0.25, 0.3) is 5.91 Å². The number of hydrogen-bond acceptors (Lipinski definition) is 5. The number of ether oxygens (including phenoxy) is 1. The van der Waals surface area contributed by atoms with Gasteiger partial charge in [0.2, 0.25) is 0 Å². The van der Waals surface area contributed by atoms with Gasteiger partial charge in [-0.25, -0.2) is 4.98 Å². The molecule has 2 heterocycles. The summed E-state index contributed by atoms with van der Waals surface area (Å²) in [5.74, 6) is 0.975. The summed E-state index contributed by atoms with van der Waals surface area (Å²) in [5.41, 5.74) is 4.04. The summed E-state index contributed by atoms with van der Waals surface area (Å²) < 4.78 is 5.22. The Bertz CT molecular complexity index is 959. The molecule has 1 amide bonds. The van der Waals surface area contributed by atoms with Crippen molar-refractivity contribution in [3.63, 3.8) is 0 Å². The average Bonchev–Trinajstić information content (AvgIpc) is 3.23. The first-order chi connectivity index (χ1) is 14.1. The molecule has 0 atom stereocenters. The smallest absolute Gasteiger partial charge is 0.253 e. The van der Waals surface area contributed by atoms with Crippen LogP contribution < -0.4 is 4.74 Å². The van der Waals surface area contributed by atoms with E-state index in [9.17, 15) is 4.79 Å². The predicted octanol–water partition coefficient (Wildman–Crippen LogP) is 4.09. The molecule has 0 bridgehead atoms. The number of rotatable bonds is 5. The zero-order chi connectivity index (χ0) is 20.2. The second-order valence-electron chi connectivity index (χ2n) is 7.29. The van der Waals surface area contributed by atoms with Gasteiger partial charge in [0.05, 0.1) is 19.3 Å². The Labute approximate surface area is 175 Å². The molecule has 0 radical (unpaired) electrons. The van der Waals surface area contributed by atoms with Crippen LogP contribution in [0.1, 0.15) is 20.9 Å². The van der Waals surface area contributed by atoms with Gasteiger partial charge in [0.15, 0.2) is 0 Å². The van der Waals surface area contributed by atoms with Crippen LogP contribution in [0.2, 0.25) is 0 Å². The van der Waals surface area contributed by atoms with Gasteiger partial charge in [-0.15, -0.1) is 11.3 Å². The first kappa shape index (κ1) is 19.6. The van der Waals surface area contributed by atoms with E-state index >= 15 is 0 Å². The number of carbonyl (C=O) groups is 1. The van der Waals surface area contributed by atoms with Crippen LogP contribution in [0, 0.1) is 6.92 Å². The van der Waals surface area contributed by atoms with E-state index < -0.39 is 0 Å². The molecule has 0 saturated carbocycles. The molecule has 6 heteroatoms. The molecule has 5 nitrogen and oxygen atoms in total. The maximum Gasteiger partial charge on any atom is 0.253 e. The number of thiazole rings is 1. The van der Waals surface area contributed by atoms with E-state index in [-0.39, 0.29) is 5.91 Å². The molecule has 4 rings (SSSR count). The summed E-state index contributed by atoms with van der Waals surface area (Å²) in [4.78, 5) is 21.8. The van der Waals surface area contributed by atoms with Gasteiger partial charge in [-0.1, -0.05) is 17.7 Å². The Morgan fingerprint density at radius 2 is 1.72 bits per heavy atom. The number of nitrogens with zero attached hydrogens (tertiary/aromatic N) is 3. The fraction of sp³-hybridized carbons (Fsp3) is 0.304. The number of aryl methyl sites for hydroxylation is 1. The highest BCUT2D eigenvalue weighted by atomic mass is 32.1. The molecule has 0 unspecified atom stereocenters. The monoisotopic (exact) mass is 407 g/mol. The Balaban J connectivity index is 1.32. The minimum absolute atomic E-state index is 0.126. The SMILES string of the molecule is COc1ccc(-c2csc(CN3CCN(C(=O)c4ccc(C)cc4)CC3)n2)cc1. The van der Waals surface area contributed by atoms with Crippen molar-refractivity contribution in [2.45, 2.75) is 13.5 Å². The van der Waals surface area contributed by atoms with Crippen molar-refractivity contribution in [1.29, 1.82) is 0 Å². The summed E-state index contributed by atoms with van der Waals surface area (Å²) in [5, 5.41) is 3.21. The number of carbonyl (C=O) groups excluding carboxylic acids is 1. The fourth-order valence-electron chi connectivity index (χ4n) is 3.46. The zero-order valence-corrected chi connectivity index (χ0v) is 17.6. The third-order valence-corrected chi connectivity index (χ3v) is 6.09. The van der Waals surface area contributed by atoms with Gasteiger partial charge in [0.1, 0.15) is 10.8 Å². The zero-order valence-electron chi connectivity index (χ0n) is 16.8. The molecular weight excluding hydrogens is 382 g/mol. The Kier molecular flexibility index (Phi) is 5.92. The van der Waals surface area contributed by atoms with Crippen molar-refractivity contribution in [3.05, 3.63) is 70.0 Å². The van der Waals surface area contributed by atoms with E-state index in [4.69, 9.17) is 9.72 Å². The van der Waals surface area contributed by atoms with Crippen molar-refractivity contribution in [1.82, 2.24) is 14.8 Å². The maximum absolute atomic E-state index is 12.7. The molecule has 150 valence electrons. The number of methoxy groups -OCH3 is 1. The van der Waals surface area contributed by atoms with Crippen molar-refractivity contribution >= 4 is 17.2 Å². The fourth-order valence-corrected chi connectivity index (χ4v) is 4.30. The molecule has 1 saturated heterocycles. The lowest BCUT2D eigenvalue weighted by atomic mass is 10.1. The van der Waals surface area contributed by atoms with Crippen LogP contribution in [0.3, 0.4) is 0 Å². The van der Waals surface area contributed by atoms with Gasteiger partial charge < -0.3 is 9.64 Å². The minimum Gasteiger partial charge on any atom is -0.497 e. The van der Waals surface area contributed by atoms with Crippen LogP contribution in [-0.2, 0) is 6.54 Å². The van der Waals surface area contributed by atoms with E-state index in [0.717, 1.165) is 60.3 Å². The normalized spacial score (nSPS) is 14.8. The molecule has 3 aromatic rings. The van der Waals surface area contributed by atoms with Gasteiger partial charge in [0, 0.05) is 42.7 Å². The summed E-state index contributed by atoms with van der Waals surface area (Å²) >= 11 is 1.69. The first-order valence-electron chi connectivity index (χ1n) is 9.79. The molecule has 2 aromatic carbocycles. The molecule has 1 aliphatic heterocycles. The highest BCUT2D eigenvalue weighted by Gasteiger charge is 2.22. The van der Waals surface area contributed by atoms with E-state index in [0.29, 0.717) is 0 Å². The molecule has 0 spiro atoms. The molecular formula is C23H25N3O2S. The predicted molar refractivity (Wildman–Crippen MR) is 116 cm³/mol. The third kappa shape index (κ3) is 4.66. The maximum atomic E-state index is 12.7. The van der Waals surface area contributed by atoms with Crippen LogP contribution >= 0.6 is 11.3 Å². The van der Waals surface area contributed by atoms with E-state index in [1.54, 1.807) is 18.4 Å². The van der Waals surface area contributed by atoms with Crippen molar-refractivity contribution < 1.29 is 9.53 Å². The molecule has 1 fully saturated rings. The number of aromatic nitrogens is 1. The lowest BCUT2D eigenvalue weighted by Crippen LogP contribution is -2.48. The van der Waals surface area contributed by atoms with E-state index in [2.05, 4.69) is 10.3 Å². The Hall–Kier alpha value is -2.70. The number of amides is 1. The van der Waals surface area contributed by atoms with E-state index in [1.165, 1.54) is 5.56 Å². The second kappa shape index (κ2) is 8.76. The standard InChI is InChI=1S/C23H25N3O2S/c1-17-3-5-19(6-4-17)23(27)26-13-11-25(12-14-26)15-22-24-21(16-29-22)18-7-9-20(28-2)10-8-18/h3-10,16H,11-15H2,1-2H3. The van der Waals surface area contributed by atoms with Gasteiger partial charge in [-0.05, 0) is 43.3 Å². The lowest BCUT2D eigenvalue weighted by molar-refractivity contribution is 0.0628. The van der Waals surface area contributed by atoms with Crippen molar-refractivity contribution in [2.75, 3.05) is 33.3 Å². The number of piperazine rings is 1. The topological polar surface area (TPSA) is 45.7 Å². The van der Waals surface area contributed by atoms with Crippen LogP contribution in [0.15, 0.2) is 53.9 Å². The van der Waals surface area contributed by atoms with Gasteiger partial charge >= 0.3 is 0 Å². The van der Waals surface area contributed by atoms with Crippen molar-refractivity contribution in [2.24, 2.45) is 0 Å². The molecule has 1 aliphatic rings. The minimum atomic E-state index is 0.126. The van der Waals surface area contributed by atoms with Crippen molar-refractivity contribution in [3.8, 4) is 17.0 Å². The van der Waals surface area contributed by atoms with Crippen LogP contribution in [0.4, 0.5) is 0 Å². The quantitative estimate of drug-likeness (QED) is 0.639. The van der Waals surface area contributed by atoms with Gasteiger partial charge in [-0.3, -0.25) is 9.69 Å². The molecule has 0 aliphatic carbocycles. The summed E-state index contributed by atoms with van der Waals surface area (Å²) in [6.45, 7) is 6.11. The first-order valence-corrected chi connectivity index (χ1v) is 10.7. The second-order valence-corrected chi connectivity index (χ2v) is 8.23. The number of hydrogen-bond donors (Lipinski definition) is 0. The Morgan fingerprint density at radius 3 is 2.38 bits per heavy atom. The molecule has 29 heavy (non-hydrogen) atoms. The average molecular weight is 408 g/mol. The summed E-state index contributed by atoms with van der Waals surface area (Å²) in [7, 11) is 1.67. The number of benzene rings is 2. The Morgan fingerprint density at radius 1 is 1.03 bits per heavy atom. The molecule has 0 N–H and O–H groups in total.